The molecule has 1 atom stereocenters. The third-order valence-electron chi connectivity index (χ3n) is 3.87. The van der Waals surface area contributed by atoms with Gasteiger partial charge in [-0.25, -0.2) is 4.98 Å². The van der Waals surface area contributed by atoms with Gasteiger partial charge in [-0.05, 0) is 19.8 Å². The molecule has 1 aromatic rings. The van der Waals surface area contributed by atoms with Crippen molar-refractivity contribution in [2.24, 2.45) is 0 Å². The number of hydrogen-bond donors (Lipinski definition) is 2. The van der Waals surface area contributed by atoms with E-state index in [1.54, 1.807) is 6.07 Å². The van der Waals surface area contributed by atoms with E-state index < -0.39 is 0 Å². The molecule has 1 saturated heterocycles. The molecule has 2 N–H and O–H groups in total. The van der Waals surface area contributed by atoms with Gasteiger partial charge < -0.3 is 10.3 Å². The molecule has 5 nitrogen and oxygen atoms in total. The molecule has 1 aromatic heterocycles. The zero-order valence-corrected chi connectivity index (χ0v) is 10.8. The monoisotopic (exact) mass is 248 g/mol. The number of nitrogens with one attached hydrogen (secondary N) is 2. The highest BCUT2D eigenvalue weighted by Gasteiger charge is 2.27. The van der Waals surface area contributed by atoms with Gasteiger partial charge in [0.15, 0.2) is 0 Å². The number of rotatable bonds is 3. The molecular formula is C13H20N4O. The lowest BCUT2D eigenvalue weighted by atomic mass is 10.2. The fraction of sp³-hybridized carbons (Fsp3) is 0.692. The van der Waals surface area contributed by atoms with Crippen LogP contribution in [0.1, 0.15) is 43.2 Å². The largest absolute Gasteiger partial charge is 0.314 e. The van der Waals surface area contributed by atoms with Crippen molar-refractivity contribution in [1.82, 2.24) is 20.2 Å². The Morgan fingerprint density at radius 2 is 2.11 bits per heavy atom. The van der Waals surface area contributed by atoms with Crippen LogP contribution in [0.5, 0.6) is 0 Å². The summed E-state index contributed by atoms with van der Waals surface area (Å²) in [4.78, 5) is 21.6. The smallest absolute Gasteiger partial charge is 0.251 e. The van der Waals surface area contributed by atoms with Gasteiger partial charge in [0, 0.05) is 38.2 Å². The van der Waals surface area contributed by atoms with E-state index >= 15 is 0 Å². The maximum absolute atomic E-state index is 11.7. The number of piperazine rings is 1. The molecule has 1 aliphatic carbocycles. The summed E-state index contributed by atoms with van der Waals surface area (Å²) in [7, 11) is 0. The number of H-pyrrole nitrogens is 1. The molecule has 0 amide bonds. The second-order valence-corrected chi connectivity index (χ2v) is 5.29. The SMILES string of the molecule is CC(c1nc(C2CC2)cc(=O)[nH]1)N1CCNCC1. The molecule has 2 fully saturated rings. The first kappa shape index (κ1) is 11.9. The maximum atomic E-state index is 11.7. The van der Waals surface area contributed by atoms with Gasteiger partial charge in [-0.2, -0.15) is 0 Å². The average molecular weight is 248 g/mol. The lowest BCUT2D eigenvalue weighted by Gasteiger charge is -2.32. The molecule has 0 spiro atoms. The molecule has 98 valence electrons. The summed E-state index contributed by atoms with van der Waals surface area (Å²) in [5, 5.41) is 3.34. The van der Waals surface area contributed by atoms with E-state index in [0.29, 0.717) is 5.92 Å². The van der Waals surface area contributed by atoms with Gasteiger partial charge in [0.2, 0.25) is 0 Å². The highest BCUT2D eigenvalue weighted by Crippen LogP contribution is 2.38. The first-order valence-electron chi connectivity index (χ1n) is 6.80. The van der Waals surface area contributed by atoms with Crippen LogP contribution in [0, 0.1) is 0 Å². The Hall–Kier alpha value is -1.20. The predicted octanol–water partition coefficient (Wildman–Crippen LogP) is 0.613. The van der Waals surface area contributed by atoms with Crippen LogP contribution in [-0.2, 0) is 0 Å². The van der Waals surface area contributed by atoms with E-state index in [1.165, 1.54) is 12.8 Å². The summed E-state index contributed by atoms with van der Waals surface area (Å²) in [5.41, 5.74) is 0.972. The average Bonchev–Trinajstić information content (AvgIpc) is 3.22. The fourth-order valence-corrected chi connectivity index (χ4v) is 2.52. The Labute approximate surface area is 107 Å². The van der Waals surface area contributed by atoms with E-state index in [4.69, 9.17) is 0 Å². The molecule has 2 heterocycles. The first-order valence-corrected chi connectivity index (χ1v) is 6.80. The summed E-state index contributed by atoms with van der Waals surface area (Å²) >= 11 is 0. The van der Waals surface area contributed by atoms with Crippen LogP contribution in [-0.4, -0.2) is 41.0 Å². The molecular weight excluding hydrogens is 228 g/mol. The van der Waals surface area contributed by atoms with Crippen molar-refractivity contribution in [2.75, 3.05) is 26.2 Å². The number of nitrogens with zero attached hydrogens (tertiary/aromatic N) is 2. The van der Waals surface area contributed by atoms with Crippen LogP contribution in [0.15, 0.2) is 10.9 Å². The van der Waals surface area contributed by atoms with Crippen molar-refractivity contribution in [2.45, 2.75) is 31.7 Å². The minimum absolute atomic E-state index is 0.0103. The standard InChI is InChI=1S/C13H20N4O/c1-9(17-6-4-14-5-7-17)13-15-11(10-2-3-10)8-12(18)16-13/h8-10,14H,2-7H2,1H3,(H,15,16,18). The lowest BCUT2D eigenvalue weighted by Crippen LogP contribution is -2.45. The zero-order chi connectivity index (χ0) is 12.5. The van der Waals surface area contributed by atoms with E-state index in [-0.39, 0.29) is 11.6 Å². The molecule has 2 aliphatic rings. The molecule has 0 aromatic carbocycles. The van der Waals surface area contributed by atoms with Gasteiger partial charge in [0.05, 0.1) is 11.7 Å². The minimum Gasteiger partial charge on any atom is -0.314 e. The van der Waals surface area contributed by atoms with Crippen molar-refractivity contribution in [1.29, 1.82) is 0 Å². The Kier molecular flexibility index (Phi) is 3.18. The summed E-state index contributed by atoms with van der Waals surface area (Å²) in [5.74, 6) is 1.35. The van der Waals surface area contributed by atoms with Crippen molar-refractivity contribution in [3.63, 3.8) is 0 Å². The molecule has 0 radical (unpaired) electrons. The number of aromatic amines is 1. The third-order valence-corrected chi connectivity index (χ3v) is 3.87. The predicted molar refractivity (Wildman–Crippen MR) is 69.7 cm³/mol. The summed E-state index contributed by atoms with van der Waals surface area (Å²) < 4.78 is 0. The van der Waals surface area contributed by atoms with Gasteiger partial charge in [-0.15, -0.1) is 0 Å². The van der Waals surface area contributed by atoms with Crippen LogP contribution in [0.2, 0.25) is 0 Å². The first-order chi connectivity index (χ1) is 8.74. The normalized spacial score (nSPS) is 22.9. The Balaban J connectivity index is 1.83. The zero-order valence-electron chi connectivity index (χ0n) is 10.8. The van der Waals surface area contributed by atoms with Gasteiger partial charge in [0.25, 0.3) is 5.56 Å². The van der Waals surface area contributed by atoms with Gasteiger partial charge in [-0.1, -0.05) is 0 Å². The van der Waals surface area contributed by atoms with Gasteiger partial charge in [-0.3, -0.25) is 9.69 Å². The van der Waals surface area contributed by atoms with Crippen molar-refractivity contribution in [3.05, 3.63) is 27.9 Å². The van der Waals surface area contributed by atoms with E-state index in [0.717, 1.165) is 37.7 Å². The van der Waals surface area contributed by atoms with E-state index in [2.05, 4.69) is 27.1 Å². The van der Waals surface area contributed by atoms with Crippen molar-refractivity contribution in [3.8, 4) is 0 Å². The van der Waals surface area contributed by atoms with Crippen LogP contribution >= 0.6 is 0 Å². The van der Waals surface area contributed by atoms with Crippen LogP contribution in [0.25, 0.3) is 0 Å². The summed E-state index contributed by atoms with van der Waals surface area (Å²) in [6.45, 7) is 6.17. The molecule has 18 heavy (non-hydrogen) atoms. The highest BCUT2D eigenvalue weighted by molar-refractivity contribution is 5.15. The van der Waals surface area contributed by atoms with Crippen LogP contribution in [0.4, 0.5) is 0 Å². The second-order valence-electron chi connectivity index (χ2n) is 5.29. The van der Waals surface area contributed by atoms with Crippen molar-refractivity contribution >= 4 is 0 Å². The summed E-state index contributed by atoms with van der Waals surface area (Å²) in [6, 6.07) is 1.85. The molecule has 5 heteroatoms. The third kappa shape index (κ3) is 2.47. The maximum Gasteiger partial charge on any atom is 0.251 e. The highest BCUT2D eigenvalue weighted by atomic mass is 16.1. The van der Waals surface area contributed by atoms with Gasteiger partial charge in [0.1, 0.15) is 5.82 Å². The topological polar surface area (TPSA) is 61.0 Å². The fourth-order valence-electron chi connectivity index (χ4n) is 2.52. The molecule has 1 aliphatic heterocycles. The van der Waals surface area contributed by atoms with Crippen LogP contribution < -0.4 is 10.9 Å². The van der Waals surface area contributed by atoms with E-state index in [1.807, 2.05) is 0 Å². The van der Waals surface area contributed by atoms with E-state index in [9.17, 15) is 4.79 Å². The number of hydrogen-bond acceptors (Lipinski definition) is 4. The molecule has 0 bridgehead atoms. The molecule has 1 saturated carbocycles. The quantitative estimate of drug-likeness (QED) is 0.823. The Morgan fingerprint density at radius 3 is 2.78 bits per heavy atom. The second kappa shape index (κ2) is 4.82. The minimum atomic E-state index is -0.0103. The Bertz CT molecular complexity index is 474. The lowest BCUT2D eigenvalue weighted by molar-refractivity contribution is 0.178. The van der Waals surface area contributed by atoms with Gasteiger partial charge >= 0.3 is 0 Å². The number of aromatic nitrogens is 2. The summed E-state index contributed by atoms with van der Waals surface area (Å²) in [6.07, 6.45) is 2.36. The molecule has 1 unspecified atom stereocenters. The molecule has 3 rings (SSSR count). The van der Waals surface area contributed by atoms with Crippen LogP contribution in [0.3, 0.4) is 0 Å². The van der Waals surface area contributed by atoms with Crippen molar-refractivity contribution < 1.29 is 0 Å². The Morgan fingerprint density at radius 1 is 1.39 bits per heavy atom.